The molecule has 0 atom stereocenters. The first-order valence-electron chi connectivity index (χ1n) is 8.66. The van der Waals surface area contributed by atoms with E-state index in [2.05, 4.69) is 10.3 Å². The largest absolute Gasteiger partial charge is 0.435 e. The summed E-state index contributed by atoms with van der Waals surface area (Å²) in [5, 5.41) is 2.25. The zero-order valence-corrected chi connectivity index (χ0v) is 16.9. The van der Waals surface area contributed by atoms with Crippen molar-refractivity contribution < 1.29 is 39.9 Å². The number of carbonyl (C=O) groups is 1. The molecule has 0 aliphatic carbocycles. The second-order valence-corrected chi connectivity index (χ2v) is 8.52. The molecule has 6 nitrogen and oxygen atoms in total. The Labute approximate surface area is 178 Å². The van der Waals surface area contributed by atoms with E-state index in [1.807, 2.05) is 0 Å². The van der Waals surface area contributed by atoms with Crippen LogP contribution in [-0.4, -0.2) is 25.6 Å². The second-order valence-electron chi connectivity index (χ2n) is 6.51. The molecular formula is C20H13F5N2O4S. The molecule has 0 unspecified atom stereocenters. The number of pyridine rings is 1. The first-order valence-corrected chi connectivity index (χ1v) is 10.6. The molecule has 0 saturated heterocycles. The molecule has 1 heterocycles. The summed E-state index contributed by atoms with van der Waals surface area (Å²) in [6, 6.07) is 7.65. The lowest BCUT2D eigenvalue weighted by atomic mass is 10.1. The van der Waals surface area contributed by atoms with Crippen LogP contribution in [0.2, 0.25) is 0 Å². The Kier molecular flexibility index (Phi) is 6.17. The molecule has 0 spiro atoms. The number of carbonyl (C=O) groups excluding carboxylic acids is 1. The number of nitrogens with one attached hydrogen (secondary N) is 1. The van der Waals surface area contributed by atoms with Crippen LogP contribution >= 0.6 is 0 Å². The zero-order valence-electron chi connectivity index (χ0n) is 16.1. The molecule has 3 aromatic rings. The van der Waals surface area contributed by atoms with Crippen LogP contribution in [0.1, 0.15) is 15.9 Å². The predicted molar refractivity (Wildman–Crippen MR) is 103 cm³/mol. The maximum Gasteiger partial charge on any atom is 0.417 e. The molecule has 168 valence electrons. The Hall–Kier alpha value is -3.54. The van der Waals surface area contributed by atoms with Crippen LogP contribution in [0.4, 0.5) is 27.6 Å². The lowest BCUT2D eigenvalue weighted by Crippen LogP contribution is -2.16. The first kappa shape index (κ1) is 23.1. The Morgan fingerprint density at radius 3 is 2.41 bits per heavy atom. The molecule has 12 heteroatoms. The van der Waals surface area contributed by atoms with Crippen molar-refractivity contribution in [1.82, 2.24) is 4.98 Å². The van der Waals surface area contributed by atoms with Crippen molar-refractivity contribution in [3.63, 3.8) is 0 Å². The quantitative estimate of drug-likeness (QED) is 0.538. The molecule has 1 N–H and O–H groups in total. The third kappa shape index (κ3) is 5.38. The molecule has 3 rings (SSSR count). The minimum atomic E-state index is -4.85. The van der Waals surface area contributed by atoms with E-state index in [1.165, 1.54) is 18.2 Å². The fourth-order valence-electron chi connectivity index (χ4n) is 2.52. The third-order valence-corrected chi connectivity index (χ3v) is 5.15. The minimum Gasteiger partial charge on any atom is -0.435 e. The number of hydrogen-bond donors (Lipinski definition) is 1. The fourth-order valence-corrected chi connectivity index (χ4v) is 3.18. The Bertz CT molecular complexity index is 1290. The van der Waals surface area contributed by atoms with E-state index >= 15 is 0 Å². The molecule has 0 bridgehead atoms. The van der Waals surface area contributed by atoms with Crippen LogP contribution < -0.4 is 10.1 Å². The summed E-state index contributed by atoms with van der Waals surface area (Å²) in [5.74, 6) is -4.48. The number of anilines is 1. The number of rotatable bonds is 5. The highest BCUT2D eigenvalue weighted by Gasteiger charge is 2.33. The Morgan fingerprint density at radius 2 is 1.78 bits per heavy atom. The van der Waals surface area contributed by atoms with Crippen molar-refractivity contribution in [3.8, 4) is 11.6 Å². The SMILES string of the molecule is CS(=O)(=O)c1cccc(NC(=O)c2cc(C(F)(F)F)cnc2Oc2ccc(F)cc2F)c1. The van der Waals surface area contributed by atoms with E-state index in [0.717, 1.165) is 24.5 Å². The number of halogens is 5. The number of benzene rings is 2. The number of ether oxygens (including phenoxy) is 1. The lowest BCUT2D eigenvalue weighted by Gasteiger charge is -2.14. The third-order valence-electron chi connectivity index (χ3n) is 4.04. The predicted octanol–water partition coefficient (Wildman–Crippen LogP) is 4.83. The van der Waals surface area contributed by atoms with E-state index in [9.17, 15) is 35.2 Å². The molecule has 0 aliphatic heterocycles. The van der Waals surface area contributed by atoms with Gasteiger partial charge in [-0.2, -0.15) is 13.2 Å². The summed E-state index contributed by atoms with van der Waals surface area (Å²) < 4.78 is 94.9. The van der Waals surface area contributed by atoms with Crippen molar-refractivity contribution in [1.29, 1.82) is 0 Å². The summed E-state index contributed by atoms with van der Waals surface area (Å²) in [4.78, 5) is 16.0. The molecule has 0 fully saturated rings. The van der Waals surface area contributed by atoms with E-state index in [1.54, 1.807) is 0 Å². The average Bonchev–Trinajstić information content (AvgIpc) is 2.69. The Balaban J connectivity index is 2.01. The number of sulfone groups is 1. The van der Waals surface area contributed by atoms with Gasteiger partial charge < -0.3 is 10.1 Å². The lowest BCUT2D eigenvalue weighted by molar-refractivity contribution is -0.137. The zero-order chi connectivity index (χ0) is 23.7. The van der Waals surface area contributed by atoms with Crippen LogP contribution in [0.3, 0.4) is 0 Å². The summed E-state index contributed by atoms with van der Waals surface area (Å²) in [6.45, 7) is 0. The van der Waals surface area contributed by atoms with Gasteiger partial charge in [-0.25, -0.2) is 22.2 Å². The van der Waals surface area contributed by atoms with Gasteiger partial charge in [-0.05, 0) is 36.4 Å². The number of aromatic nitrogens is 1. The maximum atomic E-state index is 13.9. The van der Waals surface area contributed by atoms with E-state index in [0.29, 0.717) is 18.3 Å². The van der Waals surface area contributed by atoms with Gasteiger partial charge >= 0.3 is 6.18 Å². The van der Waals surface area contributed by atoms with Gasteiger partial charge in [-0.3, -0.25) is 4.79 Å². The van der Waals surface area contributed by atoms with Gasteiger partial charge in [-0.15, -0.1) is 0 Å². The smallest absolute Gasteiger partial charge is 0.417 e. The van der Waals surface area contributed by atoms with Crippen molar-refractivity contribution in [3.05, 3.63) is 77.5 Å². The number of amides is 1. The molecule has 1 aromatic heterocycles. The van der Waals surface area contributed by atoms with Gasteiger partial charge in [0.15, 0.2) is 21.4 Å². The molecule has 0 saturated carbocycles. The highest BCUT2D eigenvalue weighted by Crippen LogP contribution is 2.33. The van der Waals surface area contributed by atoms with Crippen molar-refractivity contribution in [2.45, 2.75) is 11.1 Å². The van der Waals surface area contributed by atoms with E-state index in [4.69, 9.17) is 4.74 Å². The van der Waals surface area contributed by atoms with E-state index in [-0.39, 0.29) is 10.6 Å². The average molecular weight is 472 g/mol. The standard InChI is InChI=1S/C20H13F5N2O4S/c1-32(29,30)14-4-2-3-13(9-14)27-18(28)15-7-11(20(23,24)25)10-26-19(15)31-17-6-5-12(21)8-16(17)22/h2-10H,1H3,(H,27,28). The summed E-state index contributed by atoms with van der Waals surface area (Å²) in [6.07, 6.45) is -3.52. The molecular weight excluding hydrogens is 459 g/mol. The van der Waals surface area contributed by atoms with Crippen molar-refractivity contribution >= 4 is 21.4 Å². The normalized spacial score (nSPS) is 11.8. The maximum absolute atomic E-state index is 13.9. The van der Waals surface area contributed by atoms with Crippen LogP contribution in [0.25, 0.3) is 0 Å². The van der Waals surface area contributed by atoms with Crippen LogP contribution in [0, 0.1) is 11.6 Å². The Morgan fingerprint density at radius 1 is 1.06 bits per heavy atom. The van der Waals surface area contributed by atoms with E-state index < -0.39 is 56.3 Å². The van der Waals surface area contributed by atoms with Gasteiger partial charge in [-0.1, -0.05) is 6.07 Å². The molecule has 1 amide bonds. The van der Waals surface area contributed by atoms with Gasteiger partial charge in [0.25, 0.3) is 5.91 Å². The van der Waals surface area contributed by atoms with Gasteiger partial charge in [0.1, 0.15) is 11.4 Å². The van der Waals surface area contributed by atoms with Crippen molar-refractivity contribution in [2.75, 3.05) is 11.6 Å². The first-order chi connectivity index (χ1) is 14.8. The summed E-state index contributed by atoms with van der Waals surface area (Å²) >= 11 is 0. The molecule has 0 radical (unpaired) electrons. The fraction of sp³-hybridized carbons (Fsp3) is 0.100. The van der Waals surface area contributed by atoms with Gasteiger partial charge in [0, 0.05) is 24.2 Å². The number of hydrogen-bond acceptors (Lipinski definition) is 5. The highest BCUT2D eigenvalue weighted by atomic mass is 32.2. The number of alkyl halides is 3. The summed E-state index contributed by atoms with van der Waals surface area (Å²) in [5.41, 5.74) is -2.03. The van der Waals surface area contributed by atoms with Gasteiger partial charge in [0.2, 0.25) is 5.88 Å². The monoisotopic (exact) mass is 472 g/mol. The summed E-state index contributed by atoms with van der Waals surface area (Å²) in [7, 11) is -3.62. The molecule has 2 aromatic carbocycles. The van der Waals surface area contributed by atoms with Crippen LogP contribution in [0.15, 0.2) is 59.6 Å². The topological polar surface area (TPSA) is 85.4 Å². The highest BCUT2D eigenvalue weighted by molar-refractivity contribution is 7.90. The molecule has 0 aliphatic rings. The van der Waals surface area contributed by atoms with Crippen LogP contribution in [-0.2, 0) is 16.0 Å². The number of nitrogens with zero attached hydrogens (tertiary/aromatic N) is 1. The molecule has 32 heavy (non-hydrogen) atoms. The van der Waals surface area contributed by atoms with Gasteiger partial charge in [0.05, 0.1) is 10.5 Å². The van der Waals surface area contributed by atoms with Crippen molar-refractivity contribution in [2.24, 2.45) is 0 Å². The second kappa shape index (κ2) is 8.54. The minimum absolute atomic E-state index is 0.0331. The van der Waals surface area contributed by atoms with Crippen LogP contribution in [0.5, 0.6) is 11.6 Å².